The highest BCUT2D eigenvalue weighted by Crippen LogP contribution is 2.40. The molecule has 0 aromatic heterocycles. The molecule has 1 aliphatic heterocycles. The van der Waals surface area contributed by atoms with Gasteiger partial charge in [-0.3, -0.25) is 0 Å². The predicted octanol–water partition coefficient (Wildman–Crippen LogP) is 3.42. The molecule has 1 atom stereocenters. The van der Waals surface area contributed by atoms with Gasteiger partial charge in [0.05, 0.1) is 17.7 Å². The monoisotopic (exact) mass is 345 g/mol. The first-order valence-electron chi connectivity index (χ1n) is 7.00. The molecule has 1 aliphatic rings. The number of nitrogens with one attached hydrogen (secondary N) is 1. The fourth-order valence-corrected chi connectivity index (χ4v) is 2.58. The van der Waals surface area contributed by atoms with Crippen LogP contribution >= 0.6 is 0 Å². The molecular weight excluding hydrogens is 330 g/mol. The standard InChI is InChI=1S/C16H15F4NO3/c1-24-7-5-13-14(15(22)23)11(4-6-21-13)10-3-2-9(17)8-12(10)16(18,19)20/h2-4,6,8,11,21H,5,7H2,1H3,(H,22,23). The average Bonchev–Trinajstić information content (AvgIpc) is 2.51. The fraction of sp³-hybridized carbons (Fsp3) is 0.312. The minimum atomic E-state index is -4.80. The molecule has 1 heterocycles. The number of carbonyl (C=O) groups is 1. The number of alkyl halides is 3. The summed E-state index contributed by atoms with van der Waals surface area (Å²) in [4.78, 5) is 11.6. The zero-order chi connectivity index (χ0) is 17.9. The van der Waals surface area contributed by atoms with E-state index in [0.29, 0.717) is 6.07 Å². The molecule has 24 heavy (non-hydrogen) atoms. The van der Waals surface area contributed by atoms with Crippen LogP contribution in [0.25, 0.3) is 0 Å². The summed E-state index contributed by atoms with van der Waals surface area (Å²) in [6.07, 6.45) is -1.91. The number of rotatable bonds is 5. The first-order valence-corrected chi connectivity index (χ1v) is 7.00. The van der Waals surface area contributed by atoms with Gasteiger partial charge in [-0.2, -0.15) is 13.2 Å². The van der Waals surface area contributed by atoms with Gasteiger partial charge in [0, 0.05) is 25.1 Å². The van der Waals surface area contributed by atoms with Gasteiger partial charge in [-0.1, -0.05) is 12.1 Å². The Balaban J connectivity index is 2.57. The SMILES string of the molecule is COCCC1=C(C(=O)O)C(c2ccc(F)cc2C(F)(F)F)C=CN1. The molecule has 2 N–H and O–H groups in total. The van der Waals surface area contributed by atoms with Crippen LogP contribution in [0.2, 0.25) is 0 Å². The minimum Gasteiger partial charge on any atom is -0.478 e. The lowest BCUT2D eigenvalue weighted by molar-refractivity contribution is -0.139. The molecule has 4 nitrogen and oxygen atoms in total. The Morgan fingerprint density at radius 2 is 2.08 bits per heavy atom. The van der Waals surface area contributed by atoms with Gasteiger partial charge < -0.3 is 15.2 Å². The van der Waals surface area contributed by atoms with Crippen molar-refractivity contribution in [3.8, 4) is 0 Å². The second kappa shape index (κ2) is 7.04. The van der Waals surface area contributed by atoms with Crippen molar-refractivity contribution >= 4 is 5.97 Å². The molecule has 0 bridgehead atoms. The van der Waals surface area contributed by atoms with Crippen molar-refractivity contribution in [2.75, 3.05) is 13.7 Å². The lowest BCUT2D eigenvalue weighted by atomic mass is 9.84. The Kier molecular flexibility index (Phi) is 5.28. The number of hydrogen-bond donors (Lipinski definition) is 2. The maximum Gasteiger partial charge on any atom is 0.416 e. The summed E-state index contributed by atoms with van der Waals surface area (Å²) in [5.74, 6) is -3.53. The third-order valence-corrected chi connectivity index (χ3v) is 3.62. The van der Waals surface area contributed by atoms with Crippen LogP contribution in [0.5, 0.6) is 0 Å². The van der Waals surface area contributed by atoms with E-state index in [2.05, 4.69) is 5.32 Å². The van der Waals surface area contributed by atoms with E-state index in [1.54, 1.807) is 0 Å². The van der Waals surface area contributed by atoms with Crippen LogP contribution in [0.3, 0.4) is 0 Å². The molecule has 1 aromatic rings. The van der Waals surface area contributed by atoms with Crippen LogP contribution in [0.15, 0.2) is 41.7 Å². The van der Waals surface area contributed by atoms with Gasteiger partial charge in [-0.15, -0.1) is 0 Å². The third-order valence-electron chi connectivity index (χ3n) is 3.62. The van der Waals surface area contributed by atoms with E-state index >= 15 is 0 Å². The second-order valence-electron chi connectivity index (χ2n) is 5.15. The van der Waals surface area contributed by atoms with Crippen molar-refractivity contribution in [2.24, 2.45) is 0 Å². The van der Waals surface area contributed by atoms with Gasteiger partial charge in [0.25, 0.3) is 0 Å². The second-order valence-corrected chi connectivity index (χ2v) is 5.15. The number of aliphatic carboxylic acids is 1. The van der Waals surface area contributed by atoms with E-state index in [1.165, 1.54) is 19.4 Å². The van der Waals surface area contributed by atoms with Gasteiger partial charge >= 0.3 is 12.1 Å². The molecule has 0 amide bonds. The minimum absolute atomic E-state index is 0.196. The van der Waals surface area contributed by atoms with Crippen LogP contribution < -0.4 is 5.32 Å². The number of halogens is 4. The number of carboxylic acids is 1. The van der Waals surface area contributed by atoms with Crippen molar-refractivity contribution in [3.63, 3.8) is 0 Å². The lowest BCUT2D eigenvalue weighted by Gasteiger charge is -2.25. The molecule has 8 heteroatoms. The summed E-state index contributed by atoms with van der Waals surface area (Å²) in [5.41, 5.74) is -1.46. The number of methoxy groups -OCH3 is 1. The molecule has 2 rings (SSSR count). The van der Waals surface area contributed by atoms with E-state index in [0.717, 1.165) is 12.1 Å². The van der Waals surface area contributed by atoms with Crippen LogP contribution in [0.4, 0.5) is 17.6 Å². The summed E-state index contributed by atoms with van der Waals surface area (Å²) in [6.45, 7) is 0.204. The van der Waals surface area contributed by atoms with Gasteiger partial charge in [-0.05, 0) is 23.9 Å². The Morgan fingerprint density at radius 1 is 1.38 bits per heavy atom. The number of hydrogen-bond acceptors (Lipinski definition) is 3. The molecule has 0 saturated heterocycles. The zero-order valence-corrected chi connectivity index (χ0v) is 12.7. The molecule has 0 aliphatic carbocycles. The van der Waals surface area contributed by atoms with Crippen molar-refractivity contribution in [1.82, 2.24) is 5.32 Å². The van der Waals surface area contributed by atoms with Crippen LogP contribution in [-0.4, -0.2) is 24.8 Å². The molecule has 0 saturated carbocycles. The first kappa shape index (κ1) is 18.0. The highest BCUT2D eigenvalue weighted by molar-refractivity contribution is 5.90. The maximum absolute atomic E-state index is 13.3. The largest absolute Gasteiger partial charge is 0.478 e. The normalized spacial score (nSPS) is 17.8. The summed E-state index contributed by atoms with van der Waals surface area (Å²) < 4.78 is 57.8. The van der Waals surface area contributed by atoms with Gasteiger partial charge in [0.15, 0.2) is 0 Å². The first-order chi connectivity index (χ1) is 11.3. The third kappa shape index (κ3) is 3.76. The van der Waals surface area contributed by atoms with E-state index in [9.17, 15) is 27.5 Å². The van der Waals surface area contributed by atoms with E-state index in [-0.39, 0.29) is 29.9 Å². The van der Waals surface area contributed by atoms with Crippen LogP contribution in [-0.2, 0) is 15.7 Å². The maximum atomic E-state index is 13.3. The number of allylic oxidation sites excluding steroid dienone is 1. The van der Waals surface area contributed by atoms with Crippen LogP contribution in [0.1, 0.15) is 23.5 Å². The summed E-state index contributed by atoms with van der Waals surface area (Å²) in [5, 5.41) is 12.2. The van der Waals surface area contributed by atoms with Crippen molar-refractivity contribution in [1.29, 1.82) is 0 Å². The number of dihydropyridines is 1. The molecule has 0 spiro atoms. The van der Waals surface area contributed by atoms with Crippen molar-refractivity contribution in [2.45, 2.75) is 18.5 Å². The molecule has 0 fully saturated rings. The predicted molar refractivity (Wildman–Crippen MR) is 77.6 cm³/mol. The Morgan fingerprint density at radius 3 is 2.67 bits per heavy atom. The van der Waals surface area contributed by atoms with Gasteiger partial charge in [-0.25, -0.2) is 9.18 Å². The Labute approximate surface area is 135 Å². The number of benzene rings is 1. The lowest BCUT2D eigenvalue weighted by Crippen LogP contribution is -2.25. The quantitative estimate of drug-likeness (QED) is 0.803. The van der Waals surface area contributed by atoms with E-state index in [4.69, 9.17) is 4.74 Å². The van der Waals surface area contributed by atoms with Gasteiger partial charge in [0.1, 0.15) is 5.82 Å². The molecule has 0 radical (unpaired) electrons. The molecule has 1 unspecified atom stereocenters. The van der Waals surface area contributed by atoms with Gasteiger partial charge in [0.2, 0.25) is 0 Å². The summed E-state index contributed by atoms with van der Waals surface area (Å²) in [7, 11) is 1.43. The highest BCUT2D eigenvalue weighted by atomic mass is 19.4. The summed E-state index contributed by atoms with van der Waals surface area (Å²) in [6, 6.07) is 2.23. The summed E-state index contributed by atoms with van der Waals surface area (Å²) >= 11 is 0. The number of ether oxygens (including phenoxy) is 1. The number of carboxylic acid groups (broad SMARTS) is 1. The zero-order valence-electron chi connectivity index (χ0n) is 12.7. The smallest absolute Gasteiger partial charge is 0.416 e. The Bertz CT molecular complexity index is 695. The van der Waals surface area contributed by atoms with Crippen molar-refractivity contribution in [3.05, 3.63) is 58.7 Å². The molecule has 130 valence electrons. The molecule has 1 aromatic carbocycles. The van der Waals surface area contributed by atoms with E-state index < -0.39 is 29.4 Å². The van der Waals surface area contributed by atoms with E-state index in [1.807, 2.05) is 0 Å². The van der Waals surface area contributed by atoms with Crippen LogP contribution in [0, 0.1) is 5.82 Å². The topological polar surface area (TPSA) is 58.6 Å². The average molecular weight is 345 g/mol. The van der Waals surface area contributed by atoms with Crippen molar-refractivity contribution < 1.29 is 32.2 Å². The molecular formula is C16H15F4NO3. The fourth-order valence-electron chi connectivity index (χ4n) is 2.58. The Hall–Kier alpha value is -2.35. The highest BCUT2D eigenvalue weighted by Gasteiger charge is 2.38.